The maximum absolute atomic E-state index is 3.70. The molecule has 0 atom stereocenters. The molecule has 0 saturated carbocycles. The molecular weight excluding hydrogens is 865 g/mol. The van der Waals surface area contributed by atoms with Crippen molar-refractivity contribution >= 4 is 95.3 Å². The summed E-state index contributed by atoms with van der Waals surface area (Å²) in [7, 11) is -1.64. The van der Waals surface area contributed by atoms with Gasteiger partial charge in [-0.2, -0.15) is 11.3 Å². The smallest absolute Gasteiger partial charge is 0.116 e. The summed E-state index contributed by atoms with van der Waals surface area (Å²) in [4.78, 5) is 12.2. The molecule has 7 rings (SSSR count). The Kier molecular flexibility index (Phi) is 10.1. The molecule has 5 aromatic heterocycles. The average molecular weight is 916 g/mol. The first kappa shape index (κ1) is 38.4. The normalized spacial score (nSPS) is 13.9. The van der Waals surface area contributed by atoms with Crippen LogP contribution < -0.4 is 10.4 Å². The van der Waals surface area contributed by atoms with Crippen LogP contribution in [0.3, 0.4) is 0 Å². The van der Waals surface area contributed by atoms with E-state index in [0.29, 0.717) is 0 Å². The molecule has 0 fully saturated rings. The van der Waals surface area contributed by atoms with E-state index in [4.69, 9.17) is 0 Å². The van der Waals surface area contributed by atoms with E-state index in [2.05, 4.69) is 146 Å². The number of hydrogen-bond donors (Lipinski definition) is 0. The second-order valence-electron chi connectivity index (χ2n) is 16.4. The molecule has 0 amide bonds. The number of benzene rings is 1. The third kappa shape index (κ3) is 5.80. The predicted molar refractivity (Wildman–Crippen MR) is 224 cm³/mol. The van der Waals surface area contributed by atoms with Gasteiger partial charge < -0.3 is 0 Å². The minimum atomic E-state index is -1.64. The second-order valence-corrected chi connectivity index (χ2v) is 26.1. The summed E-state index contributed by atoms with van der Waals surface area (Å²) in [5, 5.41) is 6.21. The zero-order valence-corrected chi connectivity index (χ0v) is 40.0. The van der Waals surface area contributed by atoms with Gasteiger partial charge in [-0.25, -0.2) is 11.3 Å². The summed E-state index contributed by atoms with van der Waals surface area (Å²) in [5.41, 5.74) is 10.9. The van der Waals surface area contributed by atoms with Gasteiger partial charge in [-0.1, -0.05) is 84.1 Å². The fraction of sp³-hybridized carbons (Fsp3) is 0.463. The topological polar surface area (TPSA) is 0 Å². The van der Waals surface area contributed by atoms with Gasteiger partial charge in [-0.05, 0) is 102 Å². The molecule has 0 aliphatic carbocycles. The largest absolute Gasteiger partial charge is 0.203 e. The molecule has 0 N–H and O–H groups in total. The van der Waals surface area contributed by atoms with Crippen molar-refractivity contribution in [1.82, 2.24) is 0 Å². The zero-order chi connectivity index (χ0) is 34.9. The molecule has 0 spiro atoms. The van der Waals surface area contributed by atoms with Gasteiger partial charge in [0.25, 0.3) is 0 Å². The fourth-order valence-corrected chi connectivity index (χ4v) is 20.3. The van der Waals surface area contributed by atoms with Crippen molar-refractivity contribution in [3.8, 4) is 19.5 Å². The van der Waals surface area contributed by atoms with Crippen LogP contribution in [0.5, 0.6) is 0 Å². The minimum absolute atomic E-state index is 0. The quantitative estimate of drug-likeness (QED) is 0.114. The summed E-state index contributed by atoms with van der Waals surface area (Å²) in [5.74, 6) is 0. The summed E-state index contributed by atoms with van der Waals surface area (Å²) < 4.78 is 2.76. The van der Waals surface area contributed by atoms with Gasteiger partial charge in [0, 0.05) is 55.2 Å². The Morgan fingerprint density at radius 3 is 1.52 bits per heavy atom. The molecule has 1 aliphatic heterocycles. The van der Waals surface area contributed by atoms with Crippen LogP contribution in [0.1, 0.15) is 100.0 Å². The predicted octanol–water partition coefficient (Wildman–Crippen LogP) is 13.6. The van der Waals surface area contributed by atoms with E-state index in [1.165, 1.54) is 72.4 Å². The van der Waals surface area contributed by atoms with Crippen LogP contribution in [0.2, 0.25) is 13.1 Å². The molecule has 1 aromatic carbocycles. The van der Waals surface area contributed by atoms with E-state index in [-0.39, 0.29) is 31.9 Å². The molecule has 0 nitrogen and oxygen atoms in total. The van der Waals surface area contributed by atoms with Crippen LogP contribution >= 0.6 is 56.7 Å². The maximum Gasteiger partial charge on any atom is 0.116 e. The zero-order valence-electron chi connectivity index (χ0n) is 31.9. The van der Waals surface area contributed by atoms with Crippen molar-refractivity contribution < 1.29 is 21.1 Å². The molecule has 7 heteroatoms. The van der Waals surface area contributed by atoms with E-state index in [9.17, 15) is 0 Å². The summed E-state index contributed by atoms with van der Waals surface area (Å²) in [6.07, 6.45) is 0. The summed E-state index contributed by atoms with van der Waals surface area (Å²) in [6.45, 7) is 39.8. The molecule has 1 aliphatic rings. The van der Waals surface area contributed by atoms with Gasteiger partial charge in [0.15, 0.2) is 0 Å². The van der Waals surface area contributed by atoms with E-state index in [1.807, 2.05) is 34.0 Å². The van der Waals surface area contributed by atoms with Crippen molar-refractivity contribution in [3.63, 3.8) is 0 Å². The minimum Gasteiger partial charge on any atom is -0.203 e. The van der Waals surface area contributed by atoms with E-state index < -0.39 is 8.07 Å². The molecule has 0 unspecified atom stereocenters. The van der Waals surface area contributed by atoms with Crippen molar-refractivity contribution in [1.29, 1.82) is 0 Å². The third-order valence-corrected chi connectivity index (χ3v) is 22.2. The molecule has 6 aromatic rings. The summed E-state index contributed by atoms with van der Waals surface area (Å²) in [6, 6.07) is 3.70. The van der Waals surface area contributed by atoms with E-state index in [0.717, 1.165) is 0 Å². The fourth-order valence-electron chi connectivity index (χ4n) is 7.90. The van der Waals surface area contributed by atoms with Crippen LogP contribution in [-0.4, -0.2) is 8.07 Å². The van der Waals surface area contributed by atoms with Gasteiger partial charge in [-0.3, -0.25) is 0 Å². The van der Waals surface area contributed by atoms with Crippen LogP contribution in [0.25, 0.3) is 39.7 Å². The number of fused-ring (bicyclic) bond motifs is 5. The van der Waals surface area contributed by atoms with Crippen LogP contribution in [0, 0.1) is 68.4 Å². The van der Waals surface area contributed by atoms with Gasteiger partial charge in [0.1, 0.15) is 8.07 Å². The monoisotopic (exact) mass is 915 g/mol. The Bertz CT molecular complexity index is 2230. The Balaban J connectivity index is 0.000000192. The Labute approximate surface area is 325 Å². The Morgan fingerprint density at radius 1 is 0.479 bits per heavy atom. The van der Waals surface area contributed by atoms with Crippen molar-refractivity contribution in [3.05, 3.63) is 64.5 Å². The SMILES string of the molecule is Cc1sc(-c2sc3c(c2C)[Si](C)(C)c2c-3sc(C(C)(C)C)c2C)c(C)c1C.Cc1sc2c(C)c3c(C)c(C(C)(C)C)sc3[c-]c2c1C.[W]. The van der Waals surface area contributed by atoms with Gasteiger partial charge in [0.2, 0.25) is 0 Å². The summed E-state index contributed by atoms with van der Waals surface area (Å²) >= 11 is 9.98. The molecule has 0 bridgehead atoms. The van der Waals surface area contributed by atoms with E-state index >= 15 is 0 Å². The number of aryl methyl sites for hydroxylation is 5. The first-order valence-corrected chi connectivity index (χ1v) is 23.9. The first-order valence-electron chi connectivity index (χ1n) is 16.8. The van der Waals surface area contributed by atoms with Crippen LogP contribution in [0.15, 0.2) is 0 Å². The first-order chi connectivity index (χ1) is 21.6. The molecule has 6 heterocycles. The van der Waals surface area contributed by atoms with Crippen LogP contribution in [0.4, 0.5) is 0 Å². The Hall–Kier alpha value is -0.855. The van der Waals surface area contributed by atoms with Crippen LogP contribution in [-0.2, 0) is 31.9 Å². The number of hydrogen-bond acceptors (Lipinski definition) is 5. The van der Waals surface area contributed by atoms with Gasteiger partial charge in [-0.15, -0.1) is 56.6 Å². The van der Waals surface area contributed by atoms with E-state index in [1.54, 1.807) is 36.1 Å². The standard InChI is InChI=1S/C23H30S3Si.C18H21S2.W/c1-11-12(2)16(24-15(11)5)17-13(3)20-18(25-17)19-21(27(20,9)10)14(4)22(26-19)23(6,7)8;1-9-12(4)19-16-10(2)15-11(3)17(18(5,6)7)20-14(15)8-13(9)16;/h1-10H3;1-7H3;/q;-1;. The molecule has 256 valence electrons. The maximum atomic E-state index is 3.70. The van der Waals surface area contributed by atoms with Crippen molar-refractivity contribution in [2.24, 2.45) is 0 Å². The Morgan fingerprint density at radius 2 is 0.979 bits per heavy atom. The van der Waals surface area contributed by atoms with Gasteiger partial charge >= 0.3 is 0 Å². The number of thiophene rings is 5. The third-order valence-electron chi connectivity index (χ3n) is 10.5. The molecule has 0 saturated heterocycles. The number of rotatable bonds is 1. The molecular formula is C41H51S5SiW-. The molecule has 48 heavy (non-hydrogen) atoms. The molecule has 0 radical (unpaired) electrons. The van der Waals surface area contributed by atoms with Crippen molar-refractivity contribution in [2.75, 3.05) is 0 Å². The second kappa shape index (κ2) is 12.7. The van der Waals surface area contributed by atoms with Gasteiger partial charge in [0.05, 0.1) is 0 Å². The average Bonchev–Trinajstić information content (AvgIpc) is 3.75. The van der Waals surface area contributed by atoms with Crippen molar-refractivity contribution in [2.45, 2.75) is 128 Å².